The van der Waals surface area contributed by atoms with Crippen molar-refractivity contribution >= 4 is 0 Å². The Hall–Kier alpha value is -2.07. The highest BCUT2D eigenvalue weighted by atomic mass is 19.1. The lowest BCUT2D eigenvalue weighted by Crippen LogP contribution is -2.18. The molecular formula is C17H20FNO2. The number of methoxy groups -OCH3 is 2. The van der Waals surface area contributed by atoms with Crippen LogP contribution in [0, 0.1) is 5.82 Å². The second kappa shape index (κ2) is 7.09. The second-order valence-corrected chi connectivity index (χ2v) is 4.84. The SMILES string of the molecule is COc1ccc([C@@H](C)NCc2ccc(OC)c(F)c2)cc1. The molecule has 0 saturated carbocycles. The Bertz CT molecular complexity index is 584. The monoisotopic (exact) mass is 289 g/mol. The van der Waals surface area contributed by atoms with E-state index in [-0.39, 0.29) is 17.6 Å². The van der Waals surface area contributed by atoms with Crippen molar-refractivity contribution in [3.63, 3.8) is 0 Å². The van der Waals surface area contributed by atoms with Crippen LogP contribution in [0.3, 0.4) is 0 Å². The number of rotatable bonds is 6. The van der Waals surface area contributed by atoms with Gasteiger partial charge < -0.3 is 14.8 Å². The Morgan fingerprint density at radius 1 is 1.05 bits per heavy atom. The van der Waals surface area contributed by atoms with Gasteiger partial charge in [-0.3, -0.25) is 0 Å². The molecule has 0 spiro atoms. The standard InChI is InChI=1S/C17H20FNO2/c1-12(14-5-7-15(20-2)8-6-14)19-11-13-4-9-17(21-3)16(18)10-13/h4-10,12,19H,11H2,1-3H3/t12-/m1/s1. The first kappa shape index (κ1) is 15.3. The fraction of sp³-hybridized carbons (Fsp3) is 0.294. The highest BCUT2D eigenvalue weighted by Gasteiger charge is 2.07. The lowest BCUT2D eigenvalue weighted by molar-refractivity contribution is 0.386. The van der Waals surface area contributed by atoms with Crippen LogP contribution in [-0.4, -0.2) is 14.2 Å². The van der Waals surface area contributed by atoms with Crippen LogP contribution in [0.5, 0.6) is 11.5 Å². The van der Waals surface area contributed by atoms with Gasteiger partial charge in [-0.25, -0.2) is 4.39 Å². The van der Waals surface area contributed by atoms with Gasteiger partial charge >= 0.3 is 0 Å². The quantitative estimate of drug-likeness (QED) is 0.879. The van der Waals surface area contributed by atoms with Gasteiger partial charge in [0.05, 0.1) is 14.2 Å². The van der Waals surface area contributed by atoms with Crippen molar-refractivity contribution in [2.45, 2.75) is 19.5 Å². The largest absolute Gasteiger partial charge is 0.497 e. The molecule has 2 rings (SSSR count). The Kier molecular flexibility index (Phi) is 5.17. The van der Waals surface area contributed by atoms with Gasteiger partial charge in [0.1, 0.15) is 5.75 Å². The minimum absolute atomic E-state index is 0.168. The second-order valence-electron chi connectivity index (χ2n) is 4.84. The zero-order valence-corrected chi connectivity index (χ0v) is 12.5. The average molecular weight is 289 g/mol. The number of hydrogen-bond acceptors (Lipinski definition) is 3. The minimum Gasteiger partial charge on any atom is -0.497 e. The number of halogens is 1. The lowest BCUT2D eigenvalue weighted by Gasteiger charge is -2.15. The van der Waals surface area contributed by atoms with Crippen LogP contribution in [0.4, 0.5) is 4.39 Å². The Labute approximate surface area is 124 Å². The van der Waals surface area contributed by atoms with E-state index in [0.29, 0.717) is 6.54 Å². The van der Waals surface area contributed by atoms with Crippen molar-refractivity contribution in [1.29, 1.82) is 0 Å². The maximum atomic E-state index is 13.6. The van der Waals surface area contributed by atoms with E-state index in [9.17, 15) is 4.39 Å². The predicted molar refractivity (Wildman–Crippen MR) is 81.2 cm³/mol. The molecule has 112 valence electrons. The zero-order valence-electron chi connectivity index (χ0n) is 12.5. The van der Waals surface area contributed by atoms with Gasteiger partial charge in [0, 0.05) is 12.6 Å². The van der Waals surface area contributed by atoms with Crippen molar-refractivity contribution in [2.75, 3.05) is 14.2 Å². The third kappa shape index (κ3) is 3.95. The maximum absolute atomic E-state index is 13.6. The normalized spacial score (nSPS) is 12.0. The van der Waals surface area contributed by atoms with Crippen LogP contribution in [0.1, 0.15) is 24.1 Å². The third-order valence-corrected chi connectivity index (χ3v) is 3.44. The molecule has 0 heterocycles. The van der Waals surface area contributed by atoms with E-state index in [1.54, 1.807) is 13.2 Å². The highest BCUT2D eigenvalue weighted by molar-refractivity contribution is 5.30. The van der Waals surface area contributed by atoms with Crippen LogP contribution >= 0.6 is 0 Å². The molecule has 1 atom stereocenters. The van der Waals surface area contributed by atoms with E-state index in [0.717, 1.165) is 16.9 Å². The molecule has 0 aliphatic rings. The fourth-order valence-corrected chi connectivity index (χ4v) is 2.10. The van der Waals surface area contributed by atoms with Crippen LogP contribution in [-0.2, 0) is 6.54 Å². The van der Waals surface area contributed by atoms with Gasteiger partial charge in [-0.05, 0) is 42.3 Å². The van der Waals surface area contributed by atoms with Crippen LogP contribution < -0.4 is 14.8 Å². The summed E-state index contributed by atoms with van der Waals surface area (Å²) < 4.78 is 23.7. The van der Waals surface area contributed by atoms with Crippen molar-refractivity contribution in [2.24, 2.45) is 0 Å². The Morgan fingerprint density at radius 3 is 2.33 bits per heavy atom. The van der Waals surface area contributed by atoms with Crippen molar-refractivity contribution in [3.8, 4) is 11.5 Å². The number of ether oxygens (including phenoxy) is 2. The molecule has 0 bridgehead atoms. The molecule has 0 aliphatic carbocycles. The van der Waals surface area contributed by atoms with E-state index in [1.165, 1.54) is 13.2 Å². The minimum atomic E-state index is -0.339. The first-order valence-electron chi connectivity index (χ1n) is 6.83. The lowest BCUT2D eigenvalue weighted by atomic mass is 10.1. The Balaban J connectivity index is 1.96. The number of hydrogen-bond donors (Lipinski definition) is 1. The topological polar surface area (TPSA) is 30.5 Å². The summed E-state index contributed by atoms with van der Waals surface area (Å²) in [5.41, 5.74) is 2.04. The first-order chi connectivity index (χ1) is 10.1. The molecule has 0 fully saturated rings. The van der Waals surface area contributed by atoms with E-state index in [4.69, 9.17) is 9.47 Å². The van der Waals surface area contributed by atoms with Crippen LogP contribution in [0.2, 0.25) is 0 Å². The summed E-state index contributed by atoms with van der Waals surface area (Å²) in [5, 5.41) is 3.37. The van der Waals surface area contributed by atoms with Crippen LogP contribution in [0.25, 0.3) is 0 Å². The average Bonchev–Trinajstić information content (AvgIpc) is 2.52. The molecule has 4 heteroatoms. The summed E-state index contributed by atoms with van der Waals surface area (Å²) in [7, 11) is 3.11. The molecule has 3 nitrogen and oxygen atoms in total. The first-order valence-corrected chi connectivity index (χ1v) is 6.83. The highest BCUT2D eigenvalue weighted by Crippen LogP contribution is 2.20. The smallest absolute Gasteiger partial charge is 0.165 e. The molecule has 0 unspecified atom stereocenters. The predicted octanol–water partition coefficient (Wildman–Crippen LogP) is 3.69. The fourth-order valence-electron chi connectivity index (χ4n) is 2.10. The molecule has 2 aromatic rings. The molecular weight excluding hydrogens is 269 g/mol. The molecule has 0 aromatic heterocycles. The van der Waals surface area contributed by atoms with E-state index < -0.39 is 0 Å². The Morgan fingerprint density at radius 2 is 1.76 bits per heavy atom. The molecule has 0 radical (unpaired) electrons. The summed E-state index contributed by atoms with van der Waals surface area (Å²) >= 11 is 0. The summed E-state index contributed by atoms with van der Waals surface area (Å²) in [6.07, 6.45) is 0. The van der Waals surface area contributed by atoms with Gasteiger partial charge in [-0.2, -0.15) is 0 Å². The summed E-state index contributed by atoms with van der Waals surface area (Å²) in [6, 6.07) is 13.1. The molecule has 0 amide bonds. The molecule has 21 heavy (non-hydrogen) atoms. The van der Waals surface area contributed by atoms with Crippen molar-refractivity contribution < 1.29 is 13.9 Å². The van der Waals surface area contributed by atoms with Gasteiger partial charge in [0.15, 0.2) is 11.6 Å². The van der Waals surface area contributed by atoms with Crippen LogP contribution in [0.15, 0.2) is 42.5 Å². The molecule has 2 aromatic carbocycles. The summed E-state index contributed by atoms with van der Waals surface area (Å²) in [4.78, 5) is 0. The van der Waals surface area contributed by atoms with E-state index >= 15 is 0 Å². The molecule has 1 N–H and O–H groups in total. The van der Waals surface area contributed by atoms with Gasteiger partial charge in [0.2, 0.25) is 0 Å². The van der Waals surface area contributed by atoms with Gasteiger partial charge in [0.25, 0.3) is 0 Å². The number of nitrogens with one attached hydrogen (secondary N) is 1. The third-order valence-electron chi connectivity index (χ3n) is 3.44. The molecule has 0 saturated heterocycles. The van der Waals surface area contributed by atoms with Crippen molar-refractivity contribution in [3.05, 3.63) is 59.4 Å². The van der Waals surface area contributed by atoms with Gasteiger partial charge in [-0.1, -0.05) is 18.2 Å². The zero-order chi connectivity index (χ0) is 15.2. The molecule has 0 aliphatic heterocycles. The summed E-state index contributed by atoms with van der Waals surface area (Å²) in [5.74, 6) is 0.763. The summed E-state index contributed by atoms with van der Waals surface area (Å²) in [6.45, 7) is 2.66. The van der Waals surface area contributed by atoms with E-state index in [2.05, 4.69) is 12.2 Å². The number of benzene rings is 2. The van der Waals surface area contributed by atoms with E-state index in [1.807, 2.05) is 30.3 Å². The van der Waals surface area contributed by atoms with Gasteiger partial charge in [-0.15, -0.1) is 0 Å². The van der Waals surface area contributed by atoms with Crippen molar-refractivity contribution in [1.82, 2.24) is 5.32 Å². The maximum Gasteiger partial charge on any atom is 0.165 e.